The normalized spacial score (nSPS) is 15.3. The predicted molar refractivity (Wildman–Crippen MR) is 98.0 cm³/mol. The van der Waals surface area contributed by atoms with Gasteiger partial charge in [-0.3, -0.25) is 0 Å². The Bertz CT molecular complexity index is 905. The van der Waals surface area contributed by atoms with Crippen LogP contribution in [0.1, 0.15) is 32.4 Å². The van der Waals surface area contributed by atoms with Crippen molar-refractivity contribution >= 4 is 15.9 Å². The Morgan fingerprint density at radius 2 is 1.92 bits per heavy atom. The molecule has 8 heteroatoms. The van der Waals surface area contributed by atoms with Crippen molar-refractivity contribution in [1.29, 1.82) is 5.26 Å². The van der Waals surface area contributed by atoms with Gasteiger partial charge in [-0.15, -0.1) is 0 Å². The fraction of sp³-hybridized carbons (Fsp3) is 0.444. The van der Waals surface area contributed by atoms with Crippen molar-refractivity contribution in [3.8, 4) is 17.5 Å². The average molecular weight is 374 g/mol. The lowest BCUT2D eigenvalue weighted by Crippen LogP contribution is -2.27. The van der Waals surface area contributed by atoms with Gasteiger partial charge in [0.05, 0.1) is 4.90 Å². The van der Waals surface area contributed by atoms with Gasteiger partial charge in [0.2, 0.25) is 27.5 Å². The summed E-state index contributed by atoms with van der Waals surface area (Å²) >= 11 is 0. The predicted octanol–water partition coefficient (Wildman–Crippen LogP) is 3.07. The van der Waals surface area contributed by atoms with E-state index in [9.17, 15) is 13.7 Å². The van der Waals surface area contributed by atoms with Crippen molar-refractivity contribution in [3.05, 3.63) is 30.0 Å². The molecule has 0 atom stereocenters. The fourth-order valence-electron chi connectivity index (χ4n) is 2.78. The van der Waals surface area contributed by atoms with Gasteiger partial charge in [0.15, 0.2) is 0 Å². The summed E-state index contributed by atoms with van der Waals surface area (Å²) in [5.41, 5.74) is 0.814. The number of benzene rings is 1. The summed E-state index contributed by atoms with van der Waals surface area (Å²) in [7, 11) is -3.45. The number of nitrogens with zero attached hydrogens (tertiary/aromatic N) is 3. The number of nitrogens with one attached hydrogen (secondary N) is 1. The number of sulfonamides is 1. The van der Waals surface area contributed by atoms with Gasteiger partial charge in [-0.25, -0.2) is 8.42 Å². The zero-order chi connectivity index (χ0) is 18.7. The van der Waals surface area contributed by atoms with Crippen LogP contribution < -0.4 is 5.32 Å². The largest absolute Gasteiger partial charge is 0.419 e. The number of anilines is 1. The summed E-state index contributed by atoms with van der Waals surface area (Å²) in [6, 6.07) is 8.43. The molecule has 0 spiro atoms. The summed E-state index contributed by atoms with van der Waals surface area (Å²) in [4.78, 5) is 4.45. The third kappa shape index (κ3) is 3.74. The van der Waals surface area contributed by atoms with Gasteiger partial charge < -0.3 is 9.73 Å². The Hall–Kier alpha value is -2.37. The number of rotatable bonds is 6. The maximum atomic E-state index is 12.6. The number of hydrogen-bond acceptors (Lipinski definition) is 6. The molecule has 1 saturated heterocycles. The lowest BCUT2D eigenvalue weighted by Gasteiger charge is -2.15. The average Bonchev–Trinajstić information content (AvgIpc) is 3.30. The summed E-state index contributed by atoms with van der Waals surface area (Å²) in [6.07, 6.45) is 1.80. The minimum atomic E-state index is -3.45. The SMILES string of the molecule is CC(C)CNc1oc(-c2ccc(S(=O)(=O)N3CCCC3)cc2)nc1C#N. The van der Waals surface area contributed by atoms with Gasteiger partial charge in [0.1, 0.15) is 6.07 Å². The number of hydrogen-bond donors (Lipinski definition) is 1. The molecular weight excluding hydrogens is 352 g/mol. The van der Waals surface area contributed by atoms with Crippen LogP contribution in [0.2, 0.25) is 0 Å². The van der Waals surface area contributed by atoms with Crippen LogP contribution in [0.15, 0.2) is 33.6 Å². The van der Waals surface area contributed by atoms with Crippen molar-refractivity contribution in [2.24, 2.45) is 5.92 Å². The molecule has 1 aromatic carbocycles. The van der Waals surface area contributed by atoms with Gasteiger partial charge in [-0.2, -0.15) is 14.6 Å². The first kappa shape index (κ1) is 18.4. The lowest BCUT2D eigenvalue weighted by atomic mass is 10.2. The highest BCUT2D eigenvalue weighted by atomic mass is 32.2. The summed E-state index contributed by atoms with van der Waals surface area (Å²) in [5.74, 6) is 1.02. The first-order chi connectivity index (χ1) is 12.4. The maximum absolute atomic E-state index is 12.6. The molecule has 1 aliphatic heterocycles. The second kappa shape index (κ2) is 7.48. The van der Waals surface area contributed by atoms with Gasteiger partial charge >= 0.3 is 0 Å². The van der Waals surface area contributed by atoms with Crippen LogP contribution in [0, 0.1) is 17.2 Å². The van der Waals surface area contributed by atoms with Gasteiger partial charge in [-0.1, -0.05) is 13.8 Å². The van der Waals surface area contributed by atoms with Crippen LogP contribution in [0.5, 0.6) is 0 Å². The highest BCUT2D eigenvalue weighted by molar-refractivity contribution is 7.89. The molecule has 26 heavy (non-hydrogen) atoms. The zero-order valence-electron chi connectivity index (χ0n) is 14.9. The topological polar surface area (TPSA) is 99.2 Å². The highest BCUT2D eigenvalue weighted by Crippen LogP contribution is 2.28. The monoisotopic (exact) mass is 374 g/mol. The number of nitriles is 1. The minimum absolute atomic E-state index is 0.189. The third-order valence-electron chi connectivity index (χ3n) is 4.21. The van der Waals surface area contributed by atoms with E-state index in [4.69, 9.17) is 4.42 Å². The van der Waals surface area contributed by atoms with Crippen LogP contribution in [0.3, 0.4) is 0 Å². The van der Waals surface area contributed by atoms with Gasteiger partial charge in [0, 0.05) is 25.2 Å². The smallest absolute Gasteiger partial charge is 0.243 e. The number of aromatic nitrogens is 1. The van der Waals surface area contributed by atoms with Crippen molar-refractivity contribution in [1.82, 2.24) is 9.29 Å². The Morgan fingerprint density at radius 1 is 1.27 bits per heavy atom. The van der Waals surface area contributed by atoms with E-state index in [1.807, 2.05) is 6.07 Å². The van der Waals surface area contributed by atoms with Crippen molar-refractivity contribution < 1.29 is 12.8 Å². The molecular formula is C18H22N4O3S. The fourth-order valence-corrected chi connectivity index (χ4v) is 4.30. The van der Waals surface area contributed by atoms with Crippen LogP contribution in [0.25, 0.3) is 11.5 Å². The van der Waals surface area contributed by atoms with Gasteiger partial charge in [-0.05, 0) is 43.0 Å². The molecule has 0 unspecified atom stereocenters. The molecule has 0 bridgehead atoms. The van der Waals surface area contributed by atoms with E-state index in [0.29, 0.717) is 37.0 Å². The Balaban J connectivity index is 1.84. The Labute approximate surface area is 153 Å². The standard InChI is InChI=1S/C18H22N4O3S/c1-13(2)12-20-18-16(11-19)21-17(25-18)14-5-7-15(8-6-14)26(23,24)22-9-3-4-10-22/h5-8,13,20H,3-4,9-10,12H2,1-2H3. The van der Waals surface area contributed by atoms with Crippen LogP contribution in [-0.4, -0.2) is 37.3 Å². The Morgan fingerprint density at radius 3 is 2.50 bits per heavy atom. The van der Waals surface area contributed by atoms with Crippen LogP contribution >= 0.6 is 0 Å². The van der Waals surface area contributed by atoms with Crippen molar-refractivity contribution in [2.45, 2.75) is 31.6 Å². The van der Waals surface area contributed by atoms with Gasteiger partial charge in [0.25, 0.3) is 0 Å². The van der Waals surface area contributed by atoms with E-state index < -0.39 is 10.0 Å². The first-order valence-electron chi connectivity index (χ1n) is 8.67. The molecule has 0 saturated carbocycles. The van der Waals surface area contributed by atoms with Crippen molar-refractivity contribution in [2.75, 3.05) is 25.0 Å². The highest BCUT2D eigenvalue weighted by Gasteiger charge is 2.27. The molecule has 0 radical (unpaired) electrons. The van der Waals surface area contributed by atoms with E-state index in [1.54, 1.807) is 24.3 Å². The molecule has 1 aromatic heterocycles. The van der Waals surface area contributed by atoms with E-state index in [-0.39, 0.29) is 16.5 Å². The summed E-state index contributed by atoms with van der Waals surface area (Å²) < 4.78 is 32.3. The molecule has 138 valence electrons. The van der Waals surface area contributed by atoms with E-state index in [0.717, 1.165) is 12.8 Å². The first-order valence-corrected chi connectivity index (χ1v) is 10.1. The second-order valence-electron chi connectivity index (χ2n) is 6.72. The molecule has 2 heterocycles. The molecule has 2 aromatic rings. The molecule has 0 aliphatic carbocycles. The molecule has 3 rings (SSSR count). The van der Waals surface area contributed by atoms with E-state index >= 15 is 0 Å². The molecule has 0 amide bonds. The van der Waals surface area contributed by atoms with Crippen LogP contribution in [0.4, 0.5) is 5.88 Å². The van der Waals surface area contributed by atoms with E-state index in [1.165, 1.54) is 4.31 Å². The van der Waals surface area contributed by atoms with E-state index in [2.05, 4.69) is 24.1 Å². The number of oxazole rings is 1. The quantitative estimate of drug-likeness (QED) is 0.834. The summed E-state index contributed by atoms with van der Waals surface area (Å²) in [6.45, 7) is 5.91. The molecule has 7 nitrogen and oxygen atoms in total. The molecule has 1 fully saturated rings. The maximum Gasteiger partial charge on any atom is 0.243 e. The molecule has 1 N–H and O–H groups in total. The zero-order valence-corrected chi connectivity index (χ0v) is 15.7. The lowest BCUT2D eigenvalue weighted by molar-refractivity contribution is 0.477. The second-order valence-corrected chi connectivity index (χ2v) is 8.66. The minimum Gasteiger partial charge on any atom is -0.419 e. The van der Waals surface area contributed by atoms with Crippen LogP contribution in [-0.2, 0) is 10.0 Å². The summed E-state index contributed by atoms with van der Waals surface area (Å²) in [5, 5.41) is 12.3. The molecule has 1 aliphatic rings. The Kier molecular flexibility index (Phi) is 5.30. The van der Waals surface area contributed by atoms with Crippen molar-refractivity contribution in [3.63, 3.8) is 0 Å². The third-order valence-corrected chi connectivity index (χ3v) is 6.12.